The lowest BCUT2D eigenvalue weighted by Gasteiger charge is -2.11. The Morgan fingerprint density at radius 3 is 2.58 bits per heavy atom. The average Bonchev–Trinajstić information content (AvgIpc) is 3.31. The number of nitrogens with zero attached hydrogens (tertiary/aromatic N) is 2. The summed E-state index contributed by atoms with van der Waals surface area (Å²) < 4.78 is 16.6. The molecule has 6 nitrogen and oxygen atoms in total. The van der Waals surface area contributed by atoms with E-state index in [2.05, 4.69) is 24.0 Å². The lowest BCUT2D eigenvalue weighted by molar-refractivity contribution is 0.0280. The van der Waals surface area contributed by atoms with Crippen LogP contribution < -0.4 is 4.74 Å². The molecule has 3 rings (SSSR count). The number of benzene rings is 1. The van der Waals surface area contributed by atoms with E-state index in [0.29, 0.717) is 24.0 Å². The molecule has 0 N–H and O–H groups in total. The monoisotopic (exact) mass is 372 g/mol. The summed E-state index contributed by atoms with van der Waals surface area (Å²) in [7, 11) is 0. The molecule has 0 unspecified atom stereocenters. The van der Waals surface area contributed by atoms with Crippen molar-refractivity contribution < 1.29 is 18.7 Å². The van der Waals surface area contributed by atoms with Gasteiger partial charge >= 0.3 is 5.97 Å². The van der Waals surface area contributed by atoms with Crippen molar-refractivity contribution in [1.29, 1.82) is 0 Å². The van der Waals surface area contributed by atoms with Gasteiger partial charge in [-0.25, -0.2) is 4.79 Å². The minimum absolute atomic E-state index is 0.263. The zero-order valence-corrected chi connectivity index (χ0v) is 15.7. The quantitative estimate of drug-likeness (QED) is 0.557. The van der Waals surface area contributed by atoms with Crippen LogP contribution >= 0.6 is 11.3 Å². The molecule has 26 heavy (non-hydrogen) atoms. The van der Waals surface area contributed by atoms with Crippen molar-refractivity contribution in [3.63, 3.8) is 0 Å². The number of thiophene rings is 1. The molecule has 0 spiro atoms. The van der Waals surface area contributed by atoms with Gasteiger partial charge in [-0.3, -0.25) is 0 Å². The lowest BCUT2D eigenvalue weighted by Crippen LogP contribution is -2.10. The molecular weight excluding hydrogens is 352 g/mol. The number of carbonyl (C=O) groups is 1. The van der Waals surface area contributed by atoms with Crippen LogP contribution in [0.15, 0.2) is 46.2 Å². The second-order valence-electron chi connectivity index (χ2n) is 6.20. The van der Waals surface area contributed by atoms with E-state index >= 15 is 0 Å². The third kappa shape index (κ3) is 4.49. The number of carbonyl (C=O) groups excluding carboxylic acids is 1. The van der Waals surface area contributed by atoms with Crippen molar-refractivity contribution in [2.45, 2.75) is 26.9 Å². The second-order valence-corrected chi connectivity index (χ2v) is 7.15. The van der Waals surface area contributed by atoms with Crippen molar-refractivity contribution in [3.8, 4) is 16.5 Å². The maximum atomic E-state index is 12.3. The summed E-state index contributed by atoms with van der Waals surface area (Å²) in [6.07, 6.45) is -0.638. The van der Waals surface area contributed by atoms with Crippen LogP contribution in [0.25, 0.3) is 10.8 Å². The van der Waals surface area contributed by atoms with Crippen LogP contribution in [-0.4, -0.2) is 22.8 Å². The van der Waals surface area contributed by atoms with E-state index in [9.17, 15) is 4.79 Å². The Kier molecular flexibility index (Phi) is 5.68. The fourth-order valence-electron chi connectivity index (χ4n) is 2.13. The zero-order valence-electron chi connectivity index (χ0n) is 14.8. The summed E-state index contributed by atoms with van der Waals surface area (Å²) in [5.41, 5.74) is 0.437. The van der Waals surface area contributed by atoms with Crippen LogP contribution in [0.5, 0.6) is 5.75 Å². The van der Waals surface area contributed by atoms with Crippen LogP contribution in [0.1, 0.15) is 43.1 Å². The van der Waals surface area contributed by atoms with Crippen molar-refractivity contribution >= 4 is 17.3 Å². The van der Waals surface area contributed by atoms with Gasteiger partial charge in [-0.2, -0.15) is 0 Å². The average molecular weight is 372 g/mol. The molecule has 1 aromatic carbocycles. The Hall–Kier alpha value is -2.67. The molecule has 7 heteroatoms. The van der Waals surface area contributed by atoms with Crippen LogP contribution in [0.2, 0.25) is 0 Å². The van der Waals surface area contributed by atoms with E-state index in [-0.39, 0.29) is 5.89 Å². The molecule has 0 aliphatic carbocycles. The Morgan fingerprint density at radius 1 is 1.15 bits per heavy atom. The Morgan fingerprint density at radius 2 is 1.92 bits per heavy atom. The fourth-order valence-corrected chi connectivity index (χ4v) is 2.77. The van der Waals surface area contributed by atoms with Gasteiger partial charge in [0.15, 0.2) is 6.10 Å². The second kappa shape index (κ2) is 8.14. The summed E-state index contributed by atoms with van der Waals surface area (Å²) in [5, 5.41) is 9.89. The number of hydrogen-bond donors (Lipinski definition) is 0. The molecule has 0 saturated carbocycles. The Balaban J connectivity index is 1.60. The van der Waals surface area contributed by atoms with Gasteiger partial charge in [0.05, 0.1) is 17.0 Å². The molecule has 0 saturated heterocycles. The van der Waals surface area contributed by atoms with Gasteiger partial charge < -0.3 is 13.9 Å². The van der Waals surface area contributed by atoms with Crippen LogP contribution in [0.4, 0.5) is 0 Å². The van der Waals surface area contributed by atoms with E-state index in [1.165, 1.54) is 11.3 Å². The minimum Gasteiger partial charge on any atom is -0.493 e. The number of esters is 1. The van der Waals surface area contributed by atoms with Gasteiger partial charge in [-0.1, -0.05) is 19.9 Å². The van der Waals surface area contributed by atoms with Crippen molar-refractivity contribution in [2.75, 3.05) is 6.61 Å². The molecule has 136 valence electrons. The predicted octanol–water partition coefficient (Wildman–Crippen LogP) is 4.75. The molecule has 0 bridgehead atoms. The molecule has 1 atom stereocenters. The molecule has 3 aromatic rings. The van der Waals surface area contributed by atoms with Gasteiger partial charge in [-0.15, -0.1) is 21.5 Å². The van der Waals surface area contributed by atoms with E-state index in [1.54, 1.807) is 31.2 Å². The highest BCUT2D eigenvalue weighted by molar-refractivity contribution is 7.13. The van der Waals surface area contributed by atoms with Gasteiger partial charge in [0.25, 0.3) is 11.8 Å². The Bertz CT molecular complexity index is 841. The van der Waals surface area contributed by atoms with Gasteiger partial charge in [0.2, 0.25) is 0 Å². The normalized spacial score (nSPS) is 12.2. The maximum Gasteiger partial charge on any atom is 0.338 e. The molecule has 0 radical (unpaired) electrons. The molecule has 2 aromatic heterocycles. The van der Waals surface area contributed by atoms with Crippen molar-refractivity contribution in [3.05, 3.63) is 53.2 Å². The van der Waals surface area contributed by atoms with Gasteiger partial charge in [0, 0.05) is 0 Å². The zero-order chi connectivity index (χ0) is 18.5. The molecule has 0 amide bonds. The fraction of sp³-hybridized carbons (Fsp3) is 0.316. The first-order valence-corrected chi connectivity index (χ1v) is 9.22. The highest BCUT2D eigenvalue weighted by Crippen LogP contribution is 2.26. The lowest BCUT2D eigenvalue weighted by atomic mass is 10.2. The van der Waals surface area contributed by atoms with E-state index in [1.807, 2.05) is 17.5 Å². The van der Waals surface area contributed by atoms with Gasteiger partial charge in [0.1, 0.15) is 5.75 Å². The van der Waals surface area contributed by atoms with E-state index in [4.69, 9.17) is 13.9 Å². The van der Waals surface area contributed by atoms with Crippen LogP contribution in [-0.2, 0) is 4.74 Å². The molecule has 0 aliphatic heterocycles. The third-order valence-corrected chi connectivity index (χ3v) is 4.34. The topological polar surface area (TPSA) is 74.5 Å². The highest BCUT2D eigenvalue weighted by Gasteiger charge is 2.20. The molecule has 2 heterocycles. The summed E-state index contributed by atoms with van der Waals surface area (Å²) in [5.74, 6) is 1.39. The van der Waals surface area contributed by atoms with Crippen LogP contribution in [0.3, 0.4) is 0 Å². The summed E-state index contributed by atoms with van der Waals surface area (Å²) in [6, 6.07) is 10.7. The van der Waals surface area contributed by atoms with Crippen LogP contribution in [0, 0.1) is 5.92 Å². The Labute approximate surface area is 155 Å². The first-order valence-electron chi connectivity index (χ1n) is 8.34. The summed E-state index contributed by atoms with van der Waals surface area (Å²) in [4.78, 5) is 13.2. The third-order valence-electron chi connectivity index (χ3n) is 3.48. The first-order chi connectivity index (χ1) is 12.5. The molecular formula is C19H20N2O4S. The standard InChI is InChI=1S/C19H20N2O4S/c1-12(2)11-23-15-8-6-14(7-9-15)19(22)24-13(3)17-20-21-18(25-17)16-5-4-10-26-16/h4-10,12-13H,11H2,1-3H3/t13-/m0/s1. The smallest absolute Gasteiger partial charge is 0.338 e. The summed E-state index contributed by atoms with van der Waals surface area (Å²) >= 11 is 1.50. The van der Waals surface area contributed by atoms with Crippen molar-refractivity contribution in [1.82, 2.24) is 10.2 Å². The molecule has 0 fully saturated rings. The predicted molar refractivity (Wildman–Crippen MR) is 98.2 cm³/mol. The van der Waals surface area contributed by atoms with E-state index < -0.39 is 12.1 Å². The van der Waals surface area contributed by atoms with E-state index in [0.717, 1.165) is 10.6 Å². The molecule has 0 aliphatic rings. The first kappa shape index (κ1) is 18.1. The highest BCUT2D eigenvalue weighted by atomic mass is 32.1. The maximum absolute atomic E-state index is 12.3. The van der Waals surface area contributed by atoms with Gasteiger partial charge in [-0.05, 0) is 48.6 Å². The number of ether oxygens (including phenoxy) is 2. The minimum atomic E-state index is -0.638. The number of aromatic nitrogens is 2. The number of rotatable bonds is 7. The summed E-state index contributed by atoms with van der Waals surface area (Å²) in [6.45, 7) is 6.48. The SMILES string of the molecule is CC(C)COc1ccc(C(=O)O[C@@H](C)c2nnc(-c3cccs3)o2)cc1. The number of hydrogen-bond acceptors (Lipinski definition) is 7. The largest absolute Gasteiger partial charge is 0.493 e. The van der Waals surface area contributed by atoms with Crippen molar-refractivity contribution in [2.24, 2.45) is 5.92 Å².